The first-order valence-electron chi connectivity index (χ1n) is 8.52. The number of ether oxygens (including phenoxy) is 2. The van der Waals surface area contributed by atoms with E-state index < -0.39 is 47.9 Å². The van der Waals surface area contributed by atoms with Crippen molar-refractivity contribution in [3.05, 3.63) is 23.9 Å². The van der Waals surface area contributed by atoms with Crippen molar-refractivity contribution in [1.82, 2.24) is 10.3 Å². The van der Waals surface area contributed by atoms with Gasteiger partial charge >= 0.3 is 6.18 Å². The van der Waals surface area contributed by atoms with Gasteiger partial charge in [-0.3, -0.25) is 9.59 Å². The first kappa shape index (κ1) is 26.1. The third-order valence-corrected chi connectivity index (χ3v) is 4.38. The van der Waals surface area contributed by atoms with E-state index in [1.165, 1.54) is 39.3 Å². The molecule has 3 N–H and O–H groups in total. The van der Waals surface area contributed by atoms with E-state index in [2.05, 4.69) is 15.0 Å². The van der Waals surface area contributed by atoms with Crippen LogP contribution in [0, 0.1) is 0 Å². The Labute approximate surface area is 172 Å². The van der Waals surface area contributed by atoms with Gasteiger partial charge in [0, 0.05) is 19.7 Å². The molecule has 170 valence electrons. The maximum atomic E-state index is 13.2. The molecule has 0 aromatic carbocycles. The Balaban J connectivity index is 3.03. The molecule has 0 spiro atoms. The number of Topliss-reactive ketones (excluding diaryl/α,β-unsaturated/α-hetero) is 1. The fourth-order valence-corrected chi connectivity index (χ4v) is 2.44. The van der Waals surface area contributed by atoms with Crippen molar-refractivity contribution in [2.75, 3.05) is 19.5 Å². The summed E-state index contributed by atoms with van der Waals surface area (Å²) in [6.07, 6.45) is -7.80. The zero-order valence-corrected chi connectivity index (χ0v) is 17.6. The van der Waals surface area contributed by atoms with Crippen LogP contribution in [0.4, 0.5) is 27.8 Å². The number of anilines is 1. The molecule has 30 heavy (non-hydrogen) atoms. The first-order chi connectivity index (χ1) is 13.6. The van der Waals surface area contributed by atoms with Gasteiger partial charge in [-0.1, -0.05) is 15.3 Å². The van der Waals surface area contributed by atoms with Gasteiger partial charge in [-0.2, -0.15) is 22.0 Å². The minimum atomic E-state index is -5.41. The zero-order valence-electron chi connectivity index (χ0n) is 16.4. The second-order valence-corrected chi connectivity index (χ2v) is 7.68. The normalized spacial score (nSPS) is 14.8. The lowest BCUT2D eigenvalue weighted by molar-refractivity contribution is -0.260. The Morgan fingerprint density at radius 2 is 1.83 bits per heavy atom. The number of halogens is 5. The van der Waals surface area contributed by atoms with Crippen molar-refractivity contribution in [2.45, 2.75) is 49.9 Å². The number of aromatic nitrogens is 1. The molecule has 1 aromatic heterocycles. The number of nitrogens with zero attached hydrogens (tertiary/aromatic N) is 1. The molecule has 0 radical (unpaired) electrons. The lowest BCUT2D eigenvalue weighted by atomic mass is 10.0. The molecule has 3 atom stereocenters. The van der Waals surface area contributed by atoms with Gasteiger partial charge in [0.15, 0.2) is 5.78 Å². The van der Waals surface area contributed by atoms with Crippen LogP contribution in [0.3, 0.4) is 0 Å². The molecule has 0 aliphatic carbocycles. The van der Waals surface area contributed by atoms with E-state index in [1.807, 2.05) is 0 Å². The minimum absolute atomic E-state index is 0.185. The fraction of sp³-hybridized carbons (Fsp3) is 0.588. The number of carbonyl (C=O) groups is 2. The number of nitrogen functional groups attached to an aromatic ring is 1. The molecule has 0 aliphatic heterocycles. The van der Waals surface area contributed by atoms with Crippen LogP contribution >= 0.6 is 9.24 Å². The summed E-state index contributed by atoms with van der Waals surface area (Å²) in [5.74, 6) is -1.60. The van der Waals surface area contributed by atoms with Gasteiger partial charge in [0.25, 0.3) is 11.6 Å². The van der Waals surface area contributed by atoms with Gasteiger partial charge in [0.2, 0.25) is 6.10 Å². The van der Waals surface area contributed by atoms with E-state index in [9.17, 15) is 31.5 Å². The molecular weight excluding hydrogens is 436 g/mol. The van der Waals surface area contributed by atoms with Gasteiger partial charge < -0.3 is 20.5 Å². The third-order valence-electron chi connectivity index (χ3n) is 4.08. The Morgan fingerprint density at radius 1 is 1.23 bits per heavy atom. The van der Waals surface area contributed by atoms with Crippen LogP contribution in [0.15, 0.2) is 18.3 Å². The molecule has 1 aromatic rings. The van der Waals surface area contributed by atoms with E-state index in [4.69, 9.17) is 10.5 Å². The predicted octanol–water partition coefficient (Wildman–Crippen LogP) is 2.10. The summed E-state index contributed by atoms with van der Waals surface area (Å²) >= 11 is 0. The standard InChI is InChI=1S/C17H23F5N3O4P/c1-15(2,28-3)14(27)25-10(6-9-4-5-12(23)24-7-9)11(26)8-29-13(16(18,19)20)17(21,22)30/h4-5,7,10,13H,6,8,30H2,1-3H3,(H2,23,24)(H,25,27). The molecule has 3 unspecified atom stereocenters. The van der Waals surface area contributed by atoms with Crippen molar-refractivity contribution in [2.24, 2.45) is 0 Å². The molecule has 0 bridgehead atoms. The van der Waals surface area contributed by atoms with Gasteiger partial charge in [-0.05, 0) is 25.5 Å². The maximum absolute atomic E-state index is 13.2. The summed E-state index contributed by atoms with van der Waals surface area (Å²) in [6, 6.07) is 1.53. The number of nitrogens with two attached hydrogens (primary N) is 1. The zero-order chi connectivity index (χ0) is 23.3. The van der Waals surface area contributed by atoms with Crippen molar-refractivity contribution >= 4 is 26.7 Å². The van der Waals surface area contributed by atoms with Crippen molar-refractivity contribution in [3.8, 4) is 0 Å². The lowest BCUT2D eigenvalue weighted by Crippen LogP contribution is -2.52. The molecule has 7 nitrogen and oxygen atoms in total. The second-order valence-electron chi connectivity index (χ2n) is 6.91. The Kier molecular flexibility index (Phi) is 8.65. The van der Waals surface area contributed by atoms with Crippen LogP contribution in [0.25, 0.3) is 0 Å². The van der Waals surface area contributed by atoms with Gasteiger partial charge in [-0.25, -0.2) is 4.98 Å². The molecule has 13 heteroatoms. The predicted molar refractivity (Wildman–Crippen MR) is 101 cm³/mol. The first-order valence-corrected chi connectivity index (χ1v) is 9.10. The van der Waals surface area contributed by atoms with Gasteiger partial charge in [-0.15, -0.1) is 0 Å². The van der Waals surface area contributed by atoms with Crippen LogP contribution in [-0.2, 0) is 25.5 Å². The molecule has 0 aliphatic rings. The quantitative estimate of drug-likeness (QED) is 0.410. The van der Waals surface area contributed by atoms with E-state index in [0.717, 1.165) is 9.24 Å². The maximum Gasteiger partial charge on any atom is 0.420 e. The number of carbonyl (C=O) groups excluding carboxylic acids is 2. The smallest absolute Gasteiger partial charge is 0.384 e. The third kappa shape index (κ3) is 7.73. The Morgan fingerprint density at radius 3 is 2.27 bits per heavy atom. The summed E-state index contributed by atoms with van der Waals surface area (Å²) in [7, 11) is 1.98. The molecule has 1 heterocycles. The number of nitrogens with one attached hydrogen (secondary N) is 1. The van der Waals surface area contributed by atoms with E-state index >= 15 is 0 Å². The molecule has 0 saturated heterocycles. The summed E-state index contributed by atoms with van der Waals surface area (Å²) in [4.78, 5) is 28.6. The summed E-state index contributed by atoms with van der Waals surface area (Å²) in [5.41, 5.74) is 0.178. The summed E-state index contributed by atoms with van der Waals surface area (Å²) in [6.45, 7) is 1.49. The van der Waals surface area contributed by atoms with Crippen LogP contribution in [0.2, 0.25) is 0 Å². The Hall–Kier alpha value is -1.91. The molecule has 0 fully saturated rings. The highest BCUT2D eigenvalue weighted by atomic mass is 31.0. The number of amides is 1. The average Bonchev–Trinajstić information content (AvgIpc) is 2.60. The SMILES string of the molecule is COC(C)(C)C(=O)NC(Cc1ccc(N)nc1)C(=O)COC(C(F)(F)F)C(F)(F)P. The number of rotatable bonds is 10. The highest BCUT2D eigenvalue weighted by molar-refractivity contribution is 7.18. The lowest BCUT2D eigenvalue weighted by Gasteiger charge is -2.28. The highest BCUT2D eigenvalue weighted by Gasteiger charge is 2.54. The van der Waals surface area contributed by atoms with Gasteiger partial charge in [0.05, 0.1) is 6.04 Å². The molecule has 1 rings (SSSR count). The van der Waals surface area contributed by atoms with E-state index in [-0.39, 0.29) is 12.2 Å². The summed E-state index contributed by atoms with van der Waals surface area (Å²) in [5, 5.41) is 2.35. The summed E-state index contributed by atoms with van der Waals surface area (Å²) < 4.78 is 74.1. The number of hydrogen-bond donors (Lipinski definition) is 2. The van der Waals surface area contributed by atoms with Gasteiger partial charge in [0.1, 0.15) is 18.0 Å². The topological polar surface area (TPSA) is 104 Å². The van der Waals surface area contributed by atoms with Crippen molar-refractivity contribution in [3.63, 3.8) is 0 Å². The van der Waals surface area contributed by atoms with Crippen LogP contribution < -0.4 is 11.1 Å². The fourth-order valence-electron chi connectivity index (χ4n) is 2.15. The minimum Gasteiger partial charge on any atom is -0.384 e. The largest absolute Gasteiger partial charge is 0.420 e. The van der Waals surface area contributed by atoms with E-state index in [1.54, 1.807) is 0 Å². The average molecular weight is 459 g/mol. The number of alkyl halides is 5. The van der Waals surface area contributed by atoms with Crippen LogP contribution in [0.5, 0.6) is 0 Å². The van der Waals surface area contributed by atoms with Crippen molar-refractivity contribution < 1.29 is 41.0 Å². The number of pyridine rings is 1. The molecular formula is C17H23F5N3O4P. The molecule has 0 saturated carbocycles. The highest BCUT2D eigenvalue weighted by Crippen LogP contribution is 2.38. The number of ketones is 1. The number of methoxy groups -OCH3 is 1. The van der Waals surface area contributed by atoms with Crippen LogP contribution in [0.1, 0.15) is 19.4 Å². The molecule has 1 amide bonds. The van der Waals surface area contributed by atoms with Crippen LogP contribution in [-0.4, -0.2) is 60.0 Å². The van der Waals surface area contributed by atoms with Crippen molar-refractivity contribution in [1.29, 1.82) is 0 Å². The monoisotopic (exact) mass is 459 g/mol. The number of hydrogen-bond acceptors (Lipinski definition) is 6. The Bertz CT molecular complexity index is 724. The van der Waals surface area contributed by atoms with E-state index in [0.29, 0.717) is 5.56 Å². The second kappa shape index (κ2) is 9.93.